The van der Waals surface area contributed by atoms with Crippen LogP contribution in [0.25, 0.3) is 0 Å². The van der Waals surface area contributed by atoms with Gasteiger partial charge in [-0.15, -0.1) is 0 Å². The Morgan fingerprint density at radius 3 is 1.65 bits per heavy atom. The SMILES string of the molecule is O=C(CCCCC(=O)OCC12CCCCC1O2)OCC12CCCCC1O2. The van der Waals surface area contributed by atoms with Crippen LogP contribution >= 0.6 is 0 Å². The number of unbranched alkanes of at least 4 members (excludes halogenated alkanes) is 1. The number of epoxide rings is 2. The Bertz CT molecular complexity index is 500. The number of carbonyl (C=O) groups excluding carboxylic acids is 2. The molecule has 4 aliphatic rings. The van der Waals surface area contributed by atoms with E-state index in [4.69, 9.17) is 18.9 Å². The lowest BCUT2D eigenvalue weighted by Gasteiger charge is -2.17. The van der Waals surface area contributed by atoms with E-state index in [9.17, 15) is 9.59 Å². The summed E-state index contributed by atoms with van der Waals surface area (Å²) in [4.78, 5) is 23.7. The van der Waals surface area contributed by atoms with Gasteiger partial charge in [0, 0.05) is 12.8 Å². The van der Waals surface area contributed by atoms with Gasteiger partial charge < -0.3 is 18.9 Å². The van der Waals surface area contributed by atoms with Crippen molar-refractivity contribution in [3.63, 3.8) is 0 Å². The zero-order chi connectivity index (χ0) is 18.0. The Labute approximate surface area is 154 Å². The fourth-order valence-corrected chi connectivity index (χ4v) is 4.58. The van der Waals surface area contributed by atoms with E-state index >= 15 is 0 Å². The molecule has 0 amide bonds. The monoisotopic (exact) mass is 366 g/mol. The van der Waals surface area contributed by atoms with Crippen LogP contribution in [0.5, 0.6) is 0 Å². The minimum absolute atomic E-state index is 0.168. The van der Waals surface area contributed by atoms with Gasteiger partial charge in [0.15, 0.2) is 0 Å². The minimum atomic E-state index is -0.192. The van der Waals surface area contributed by atoms with Crippen LogP contribution in [0.3, 0.4) is 0 Å². The summed E-state index contributed by atoms with van der Waals surface area (Å²) in [6.45, 7) is 0.781. The summed E-state index contributed by atoms with van der Waals surface area (Å²) in [5.41, 5.74) is -0.335. The topological polar surface area (TPSA) is 77.7 Å². The lowest BCUT2D eigenvalue weighted by molar-refractivity contribution is -0.147. The first kappa shape index (κ1) is 18.2. The van der Waals surface area contributed by atoms with Crippen molar-refractivity contribution in [3.8, 4) is 0 Å². The van der Waals surface area contributed by atoms with E-state index in [1.807, 2.05) is 0 Å². The molecular weight excluding hydrogens is 336 g/mol. The summed E-state index contributed by atoms with van der Waals surface area (Å²) in [7, 11) is 0. The van der Waals surface area contributed by atoms with Gasteiger partial charge in [-0.25, -0.2) is 0 Å². The second-order valence-electron chi connectivity index (χ2n) is 8.36. The summed E-state index contributed by atoms with van der Waals surface area (Å²) < 4.78 is 22.2. The van der Waals surface area contributed by atoms with Gasteiger partial charge in [-0.05, 0) is 38.5 Å². The zero-order valence-corrected chi connectivity index (χ0v) is 15.5. The van der Waals surface area contributed by atoms with Crippen molar-refractivity contribution in [1.29, 1.82) is 0 Å². The van der Waals surface area contributed by atoms with Crippen molar-refractivity contribution >= 4 is 11.9 Å². The van der Waals surface area contributed by atoms with Gasteiger partial charge in [0.2, 0.25) is 0 Å². The molecule has 6 heteroatoms. The molecule has 2 saturated carbocycles. The number of esters is 2. The van der Waals surface area contributed by atoms with Crippen molar-refractivity contribution < 1.29 is 28.5 Å². The molecule has 0 N–H and O–H groups in total. The Morgan fingerprint density at radius 2 is 1.23 bits per heavy atom. The molecule has 0 spiro atoms. The predicted octanol–water partition coefficient (Wildman–Crippen LogP) is 3.06. The van der Waals surface area contributed by atoms with Crippen LogP contribution in [-0.2, 0) is 28.5 Å². The highest BCUT2D eigenvalue weighted by Gasteiger charge is 2.58. The second-order valence-corrected chi connectivity index (χ2v) is 8.36. The van der Waals surface area contributed by atoms with E-state index in [0.717, 1.165) is 38.5 Å². The molecule has 0 aromatic heterocycles. The third kappa shape index (κ3) is 4.06. The van der Waals surface area contributed by atoms with Gasteiger partial charge in [0.05, 0.1) is 12.2 Å². The van der Waals surface area contributed by atoms with Gasteiger partial charge in [-0.1, -0.05) is 25.7 Å². The first-order chi connectivity index (χ1) is 12.6. The largest absolute Gasteiger partial charge is 0.462 e. The van der Waals surface area contributed by atoms with E-state index in [1.165, 1.54) is 12.8 Å². The van der Waals surface area contributed by atoms with Crippen molar-refractivity contribution in [2.75, 3.05) is 13.2 Å². The van der Waals surface area contributed by atoms with Crippen LogP contribution in [0.4, 0.5) is 0 Å². The number of fused-ring (bicyclic) bond motifs is 2. The predicted molar refractivity (Wildman–Crippen MR) is 92.5 cm³/mol. The number of hydrogen-bond donors (Lipinski definition) is 0. The van der Waals surface area contributed by atoms with Gasteiger partial charge in [0.25, 0.3) is 0 Å². The van der Waals surface area contributed by atoms with Crippen molar-refractivity contribution in [3.05, 3.63) is 0 Å². The molecule has 0 bridgehead atoms. The molecule has 4 fully saturated rings. The van der Waals surface area contributed by atoms with Crippen molar-refractivity contribution in [2.45, 2.75) is 100 Å². The van der Waals surface area contributed by atoms with Crippen LogP contribution in [0.1, 0.15) is 77.0 Å². The molecule has 26 heavy (non-hydrogen) atoms. The quantitative estimate of drug-likeness (QED) is 0.355. The highest BCUT2D eigenvalue weighted by Crippen LogP contribution is 2.48. The Hall–Kier alpha value is -1.14. The molecule has 146 valence electrons. The van der Waals surface area contributed by atoms with Gasteiger partial charge in [-0.2, -0.15) is 0 Å². The first-order valence-corrected chi connectivity index (χ1v) is 10.3. The summed E-state index contributed by atoms with van der Waals surface area (Å²) in [6.07, 6.45) is 11.5. The fourth-order valence-electron chi connectivity index (χ4n) is 4.58. The normalized spacial score (nSPS) is 37.2. The van der Waals surface area contributed by atoms with Gasteiger partial charge in [0.1, 0.15) is 24.4 Å². The van der Waals surface area contributed by atoms with Crippen LogP contribution < -0.4 is 0 Å². The maximum atomic E-state index is 11.9. The first-order valence-electron chi connectivity index (χ1n) is 10.3. The summed E-state index contributed by atoms with van der Waals surface area (Å²) in [5, 5.41) is 0. The minimum Gasteiger partial charge on any atom is -0.462 e. The lowest BCUT2D eigenvalue weighted by atomic mass is 9.90. The Morgan fingerprint density at radius 1 is 0.769 bits per heavy atom. The average molecular weight is 366 g/mol. The standard InChI is InChI=1S/C20H30O6/c21-17(23-13-19-11-5-3-7-15(19)25-19)9-1-2-10-18(22)24-14-20-12-6-4-8-16(20)26-20/h15-16H,1-14H2. The molecule has 2 heterocycles. The van der Waals surface area contributed by atoms with E-state index in [1.54, 1.807) is 0 Å². The number of ether oxygens (including phenoxy) is 4. The summed E-state index contributed by atoms with van der Waals surface area (Å²) in [5.74, 6) is -0.384. The van der Waals surface area contributed by atoms with Crippen molar-refractivity contribution in [1.82, 2.24) is 0 Å². The Kier molecular flexibility index (Phi) is 5.24. The molecule has 0 radical (unpaired) electrons. The zero-order valence-electron chi connectivity index (χ0n) is 15.5. The van der Waals surface area contributed by atoms with Crippen LogP contribution in [0.15, 0.2) is 0 Å². The van der Waals surface area contributed by atoms with Gasteiger partial charge >= 0.3 is 11.9 Å². The van der Waals surface area contributed by atoms with Gasteiger partial charge in [-0.3, -0.25) is 9.59 Å². The molecule has 2 saturated heterocycles. The molecule has 0 aromatic rings. The van der Waals surface area contributed by atoms with Crippen molar-refractivity contribution in [2.24, 2.45) is 0 Å². The second kappa shape index (κ2) is 7.47. The molecule has 2 aliphatic carbocycles. The number of carbonyl (C=O) groups is 2. The number of hydrogen-bond acceptors (Lipinski definition) is 6. The highest BCUT2D eigenvalue weighted by atomic mass is 16.6. The number of rotatable bonds is 9. The van der Waals surface area contributed by atoms with Crippen LogP contribution in [0, 0.1) is 0 Å². The molecular formula is C20H30O6. The molecule has 4 unspecified atom stereocenters. The molecule has 6 nitrogen and oxygen atoms in total. The lowest BCUT2D eigenvalue weighted by Crippen LogP contribution is -2.27. The Balaban J connectivity index is 1.03. The summed E-state index contributed by atoms with van der Waals surface area (Å²) in [6, 6.07) is 0. The van der Waals surface area contributed by atoms with Crippen LogP contribution in [0.2, 0.25) is 0 Å². The maximum Gasteiger partial charge on any atom is 0.305 e. The average Bonchev–Trinajstić information content (AvgIpc) is 3.54. The summed E-state index contributed by atoms with van der Waals surface area (Å²) >= 11 is 0. The van der Waals surface area contributed by atoms with E-state index in [-0.39, 0.29) is 23.1 Å². The molecule has 2 aliphatic heterocycles. The van der Waals surface area contributed by atoms with E-state index in [0.29, 0.717) is 51.1 Å². The van der Waals surface area contributed by atoms with Crippen LogP contribution in [-0.4, -0.2) is 48.6 Å². The smallest absolute Gasteiger partial charge is 0.305 e. The fraction of sp³-hybridized carbons (Fsp3) is 0.900. The maximum absolute atomic E-state index is 11.9. The molecule has 4 rings (SSSR count). The van der Waals surface area contributed by atoms with E-state index < -0.39 is 0 Å². The third-order valence-corrected chi connectivity index (χ3v) is 6.41. The van der Waals surface area contributed by atoms with E-state index in [2.05, 4.69) is 0 Å². The molecule has 0 aromatic carbocycles. The highest BCUT2D eigenvalue weighted by molar-refractivity contribution is 5.70. The third-order valence-electron chi connectivity index (χ3n) is 6.41. The molecule has 4 atom stereocenters.